The maximum absolute atomic E-state index is 13.7. The molecule has 0 radical (unpaired) electrons. The molecule has 1 aliphatic heterocycles. The number of anilines is 1. The van der Waals surface area contributed by atoms with E-state index in [1.807, 2.05) is 68.4 Å². The van der Waals surface area contributed by atoms with Gasteiger partial charge in [-0.2, -0.15) is 5.10 Å². The van der Waals surface area contributed by atoms with Crippen LogP contribution in [0.5, 0.6) is 17.2 Å². The highest BCUT2D eigenvalue weighted by Gasteiger charge is 2.43. The van der Waals surface area contributed by atoms with Crippen LogP contribution in [-0.4, -0.2) is 34.4 Å². The Hall–Kier alpha value is -3.78. The lowest BCUT2D eigenvalue weighted by Crippen LogP contribution is -2.29. The van der Waals surface area contributed by atoms with E-state index < -0.39 is 6.04 Å². The highest BCUT2D eigenvalue weighted by Crippen LogP contribution is 2.46. The van der Waals surface area contributed by atoms with Gasteiger partial charge in [0.25, 0.3) is 5.91 Å². The van der Waals surface area contributed by atoms with Gasteiger partial charge in [0.05, 0.1) is 24.9 Å². The monoisotopic (exact) mass is 533 g/mol. The third-order valence-corrected chi connectivity index (χ3v) is 6.44. The van der Waals surface area contributed by atoms with Crippen molar-refractivity contribution in [3.8, 4) is 28.5 Å². The number of aromatic amines is 1. The third kappa shape index (κ3) is 4.14. The number of fused-ring (bicyclic) bond motifs is 1. The molecule has 0 spiro atoms. The number of benzene rings is 3. The number of phenols is 1. The molecule has 0 aliphatic carbocycles. The van der Waals surface area contributed by atoms with Crippen LogP contribution in [0.4, 0.5) is 5.69 Å². The molecule has 4 aromatic rings. The van der Waals surface area contributed by atoms with Crippen LogP contribution in [0.25, 0.3) is 11.3 Å². The quantitative estimate of drug-likeness (QED) is 0.300. The number of aromatic hydroxyl groups is 1. The maximum atomic E-state index is 13.7. The van der Waals surface area contributed by atoms with E-state index in [1.54, 1.807) is 17.0 Å². The SMILES string of the molecule is CCOc1ccc(-c2n[nH]c3c2C(c2ccc(O)c(OCC)c2)N(c2ccc(Br)cc2)C3=O)cc1. The van der Waals surface area contributed by atoms with Crippen molar-refractivity contribution in [1.82, 2.24) is 10.2 Å². The number of ether oxygens (including phenoxy) is 2. The number of hydrogen-bond acceptors (Lipinski definition) is 5. The fourth-order valence-corrected chi connectivity index (χ4v) is 4.66. The molecule has 5 rings (SSSR count). The van der Waals surface area contributed by atoms with Crippen molar-refractivity contribution >= 4 is 27.5 Å². The van der Waals surface area contributed by atoms with Crippen molar-refractivity contribution in [2.24, 2.45) is 0 Å². The summed E-state index contributed by atoms with van der Waals surface area (Å²) < 4.78 is 12.1. The lowest BCUT2D eigenvalue weighted by molar-refractivity contribution is 0.0988. The minimum absolute atomic E-state index is 0.0502. The first-order valence-electron chi connectivity index (χ1n) is 11.4. The van der Waals surface area contributed by atoms with Crippen molar-refractivity contribution in [3.63, 3.8) is 0 Å². The summed E-state index contributed by atoms with van der Waals surface area (Å²) in [5.74, 6) is 1.01. The lowest BCUT2D eigenvalue weighted by Gasteiger charge is -2.27. The summed E-state index contributed by atoms with van der Waals surface area (Å²) in [6.45, 7) is 4.79. The van der Waals surface area contributed by atoms with Crippen LogP contribution in [0.1, 0.15) is 41.5 Å². The first-order valence-corrected chi connectivity index (χ1v) is 12.2. The van der Waals surface area contributed by atoms with Crippen molar-refractivity contribution < 1.29 is 19.4 Å². The molecule has 0 bridgehead atoms. The molecule has 2 heterocycles. The Kier molecular flexibility index (Phi) is 6.21. The molecule has 7 nitrogen and oxygen atoms in total. The highest BCUT2D eigenvalue weighted by molar-refractivity contribution is 9.10. The van der Waals surface area contributed by atoms with E-state index in [0.717, 1.165) is 32.6 Å². The molecule has 2 N–H and O–H groups in total. The van der Waals surface area contributed by atoms with Crippen molar-refractivity contribution in [2.75, 3.05) is 18.1 Å². The Labute approximate surface area is 211 Å². The molecule has 0 saturated carbocycles. The normalized spacial score (nSPS) is 14.8. The van der Waals surface area contributed by atoms with Gasteiger partial charge >= 0.3 is 0 Å². The van der Waals surface area contributed by atoms with Gasteiger partial charge < -0.3 is 14.6 Å². The lowest BCUT2D eigenvalue weighted by atomic mass is 9.95. The number of H-pyrrole nitrogens is 1. The van der Waals surface area contributed by atoms with Crippen LogP contribution in [0.2, 0.25) is 0 Å². The molecule has 1 aromatic heterocycles. The predicted octanol–water partition coefficient (Wildman–Crippen LogP) is 6.09. The minimum Gasteiger partial charge on any atom is -0.504 e. The van der Waals surface area contributed by atoms with E-state index in [4.69, 9.17) is 9.47 Å². The zero-order valence-corrected chi connectivity index (χ0v) is 20.9. The zero-order chi connectivity index (χ0) is 24.5. The van der Waals surface area contributed by atoms with Gasteiger partial charge in [0.15, 0.2) is 11.5 Å². The summed E-state index contributed by atoms with van der Waals surface area (Å²) in [6, 6.07) is 20.0. The van der Waals surface area contributed by atoms with E-state index in [-0.39, 0.29) is 11.7 Å². The molecule has 1 aliphatic rings. The number of amides is 1. The van der Waals surface area contributed by atoms with Gasteiger partial charge in [-0.3, -0.25) is 14.8 Å². The molecule has 35 heavy (non-hydrogen) atoms. The number of halogens is 1. The summed E-state index contributed by atoms with van der Waals surface area (Å²) in [4.78, 5) is 15.4. The van der Waals surface area contributed by atoms with Gasteiger partial charge in [-0.05, 0) is 80.1 Å². The van der Waals surface area contributed by atoms with Crippen LogP contribution in [0.3, 0.4) is 0 Å². The van der Waals surface area contributed by atoms with E-state index in [1.165, 1.54) is 0 Å². The number of nitrogens with zero attached hydrogens (tertiary/aromatic N) is 2. The van der Waals surface area contributed by atoms with Crippen molar-refractivity contribution in [1.29, 1.82) is 0 Å². The Balaban J connectivity index is 1.67. The standard InChI is InChI=1S/C27H24BrN3O4/c1-3-34-20-12-5-16(6-13-20)24-23-25(30-29-24)27(33)31(19-10-8-18(28)9-11-19)26(23)17-7-14-21(32)22(15-17)35-4-2/h5-15,26,32H,3-4H2,1-2H3,(H,29,30). The Morgan fingerprint density at radius 2 is 1.71 bits per heavy atom. The Morgan fingerprint density at radius 1 is 1.00 bits per heavy atom. The first kappa shape index (κ1) is 23.0. The average Bonchev–Trinajstić information content (AvgIpc) is 3.41. The summed E-state index contributed by atoms with van der Waals surface area (Å²) >= 11 is 3.47. The fraction of sp³-hybridized carbons (Fsp3) is 0.185. The average molecular weight is 534 g/mol. The van der Waals surface area contributed by atoms with Gasteiger partial charge in [0.1, 0.15) is 11.4 Å². The fourth-order valence-electron chi connectivity index (χ4n) is 4.40. The number of nitrogens with one attached hydrogen (secondary N) is 1. The van der Waals surface area contributed by atoms with Gasteiger partial charge in [-0.25, -0.2) is 0 Å². The first-order chi connectivity index (χ1) is 17.0. The third-order valence-electron chi connectivity index (χ3n) is 5.91. The van der Waals surface area contributed by atoms with E-state index >= 15 is 0 Å². The van der Waals surface area contributed by atoms with Crippen LogP contribution in [0.15, 0.2) is 71.2 Å². The highest BCUT2D eigenvalue weighted by atomic mass is 79.9. The zero-order valence-electron chi connectivity index (χ0n) is 19.3. The number of hydrogen-bond donors (Lipinski definition) is 2. The van der Waals surface area contributed by atoms with Crippen LogP contribution < -0.4 is 14.4 Å². The van der Waals surface area contributed by atoms with Gasteiger partial charge in [0, 0.05) is 21.3 Å². The summed E-state index contributed by atoms with van der Waals surface area (Å²) in [5.41, 5.74) is 4.31. The molecular formula is C27H24BrN3O4. The number of carbonyl (C=O) groups is 1. The largest absolute Gasteiger partial charge is 0.504 e. The van der Waals surface area contributed by atoms with Gasteiger partial charge in [-0.15, -0.1) is 0 Å². The molecule has 1 unspecified atom stereocenters. The summed E-state index contributed by atoms with van der Waals surface area (Å²) in [6.07, 6.45) is 0. The van der Waals surface area contributed by atoms with E-state index in [0.29, 0.717) is 30.4 Å². The van der Waals surface area contributed by atoms with Crippen LogP contribution in [0, 0.1) is 0 Å². The molecule has 1 atom stereocenters. The van der Waals surface area contributed by atoms with E-state index in [9.17, 15) is 9.90 Å². The second kappa shape index (κ2) is 9.46. The predicted molar refractivity (Wildman–Crippen MR) is 137 cm³/mol. The van der Waals surface area contributed by atoms with Crippen LogP contribution in [-0.2, 0) is 0 Å². The number of carbonyl (C=O) groups excluding carboxylic acids is 1. The van der Waals surface area contributed by atoms with Gasteiger partial charge in [-0.1, -0.05) is 22.0 Å². The summed E-state index contributed by atoms with van der Waals surface area (Å²) in [5, 5.41) is 17.8. The second-order valence-corrected chi connectivity index (χ2v) is 8.95. The molecule has 0 saturated heterocycles. The number of phenolic OH excluding ortho intramolecular Hbond substituents is 1. The molecule has 0 fully saturated rings. The van der Waals surface area contributed by atoms with Crippen LogP contribution >= 0.6 is 15.9 Å². The molecule has 1 amide bonds. The smallest absolute Gasteiger partial charge is 0.277 e. The topological polar surface area (TPSA) is 87.7 Å². The molecular weight excluding hydrogens is 510 g/mol. The van der Waals surface area contributed by atoms with E-state index in [2.05, 4.69) is 26.1 Å². The molecule has 178 valence electrons. The maximum Gasteiger partial charge on any atom is 0.277 e. The number of aromatic nitrogens is 2. The molecule has 8 heteroatoms. The number of rotatable bonds is 7. The molecule has 3 aromatic carbocycles. The second-order valence-electron chi connectivity index (χ2n) is 8.03. The Morgan fingerprint density at radius 3 is 2.40 bits per heavy atom. The van der Waals surface area contributed by atoms with Crippen molar-refractivity contribution in [2.45, 2.75) is 19.9 Å². The minimum atomic E-state index is -0.473. The Bertz CT molecular complexity index is 1370. The van der Waals surface area contributed by atoms with Gasteiger partial charge in [0.2, 0.25) is 0 Å². The summed E-state index contributed by atoms with van der Waals surface area (Å²) in [7, 11) is 0. The van der Waals surface area contributed by atoms with Crippen molar-refractivity contribution in [3.05, 3.63) is 88.0 Å².